The van der Waals surface area contributed by atoms with Crippen molar-refractivity contribution in [2.45, 2.75) is 38.1 Å². The molecule has 1 unspecified atom stereocenters. The van der Waals surface area contributed by atoms with Gasteiger partial charge in [-0.1, -0.05) is 6.42 Å². The summed E-state index contributed by atoms with van der Waals surface area (Å²) in [6.07, 6.45) is 6.66. The lowest BCUT2D eigenvalue weighted by atomic mass is 10.1. The lowest BCUT2D eigenvalue weighted by Crippen LogP contribution is -2.16. The molecule has 2 aromatic rings. The Balaban J connectivity index is 1.94. The third-order valence-electron chi connectivity index (χ3n) is 3.79. The molecule has 0 fully saturated rings. The Morgan fingerprint density at radius 3 is 2.79 bits per heavy atom. The minimum absolute atomic E-state index is 0.331. The second-order valence-corrected chi connectivity index (χ2v) is 7.82. The normalized spacial score (nSPS) is 16.9. The van der Waals surface area contributed by atoms with Crippen molar-refractivity contribution in [1.82, 2.24) is 5.32 Å². The van der Waals surface area contributed by atoms with E-state index in [4.69, 9.17) is 0 Å². The molecule has 0 spiro atoms. The topological polar surface area (TPSA) is 12.0 Å². The van der Waals surface area contributed by atoms with Crippen molar-refractivity contribution < 1.29 is 0 Å². The van der Waals surface area contributed by atoms with Crippen LogP contribution >= 0.6 is 38.6 Å². The van der Waals surface area contributed by atoms with Gasteiger partial charge in [0.05, 0.1) is 6.04 Å². The van der Waals surface area contributed by atoms with Crippen LogP contribution in [0.1, 0.15) is 46.2 Å². The number of hydrogen-bond acceptors (Lipinski definition) is 3. The monoisotopic (exact) mass is 355 g/mol. The Kier molecular flexibility index (Phi) is 4.42. The maximum Gasteiger partial charge on any atom is 0.0688 e. The fraction of sp³-hybridized carbons (Fsp3) is 0.467. The quantitative estimate of drug-likeness (QED) is 0.750. The molecule has 1 N–H and O–H groups in total. The highest BCUT2D eigenvalue weighted by atomic mass is 79.9. The maximum absolute atomic E-state index is 3.66. The lowest BCUT2D eigenvalue weighted by Gasteiger charge is -2.14. The number of rotatable bonds is 3. The van der Waals surface area contributed by atoms with Gasteiger partial charge in [-0.25, -0.2) is 0 Å². The Labute approximate surface area is 131 Å². The second-order valence-electron chi connectivity index (χ2n) is 5.05. The summed E-state index contributed by atoms with van der Waals surface area (Å²) >= 11 is 7.43. The van der Waals surface area contributed by atoms with E-state index >= 15 is 0 Å². The summed E-state index contributed by atoms with van der Waals surface area (Å²) in [5, 5.41) is 7.88. The van der Waals surface area contributed by atoms with Gasteiger partial charge in [0.15, 0.2) is 0 Å². The number of fused-ring (bicyclic) bond motifs is 1. The molecule has 19 heavy (non-hydrogen) atoms. The van der Waals surface area contributed by atoms with Crippen LogP contribution in [-0.4, -0.2) is 7.05 Å². The van der Waals surface area contributed by atoms with E-state index in [1.165, 1.54) is 47.0 Å². The zero-order chi connectivity index (χ0) is 13.2. The van der Waals surface area contributed by atoms with Gasteiger partial charge in [-0.05, 0) is 71.2 Å². The van der Waals surface area contributed by atoms with Crippen molar-refractivity contribution in [1.29, 1.82) is 0 Å². The van der Waals surface area contributed by atoms with Crippen LogP contribution in [0.4, 0.5) is 0 Å². The van der Waals surface area contributed by atoms with Crippen LogP contribution in [0, 0.1) is 0 Å². The first-order valence-electron chi connectivity index (χ1n) is 6.80. The molecule has 0 saturated heterocycles. The molecule has 1 atom stereocenters. The summed E-state index contributed by atoms with van der Waals surface area (Å²) in [6.45, 7) is 0. The van der Waals surface area contributed by atoms with E-state index in [2.05, 4.69) is 45.1 Å². The average Bonchev–Trinajstić information content (AvgIpc) is 2.93. The summed E-state index contributed by atoms with van der Waals surface area (Å²) in [5.74, 6) is 0. The summed E-state index contributed by atoms with van der Waals surface area (Å²) in [4.78, 5) is 3.09. The third kappa shape index (κ3) is 2.82. The Hall–Kier alpha value is -0.160. The van der Waals surface area contributed by atoms with Gasteiger partial charge >= 0.3 is 0 Å². The molecule has 1 aliphatic rings. The fourth-order valence-corrected chi connectivity index (χ4v) is 5.72. The molecule has 0 aliphatic heterocycles. The van der Waals surface area contributed by atoms with Gasteiger partial charge in [0.1, 0.15) is 0 Å². The van der Waals surface area contributed by atoms with Crippen LogP contribution in [0.15, 0.2) is 21.3 Å². The van der Waals surface area contributed by atoms with Gasteiger partial charge < -0.3 is 5.32 Å². The molecule has 1 nitrogen and oxygen atoms in total. The molecule has 2 heterocycles. The third-order valence-corrected chi connectivity index (χ3v) is 6.85. The number of halogens is 1. The highest BCUT2D eigenvalue weighted by molar-refractivity contribution is 9.10. The molecule has 102 valence electrons. The molecule has 0 radical (unpaired) electrons. The van der Waals surface area contributed by atoms with Gasteiger partial charge in [0.2, 0.25) is 0 Å². The summed E-state index contributed by atoms with van der Waals surface area (Å²) in [6, 6.07) is 2.77. The standard InChI is InChI=1S/C15H18BrNS2/c1-17-15(11-8-18-9-12(11)16)14-7-10-5-3-2-4-6-13(10)19-14/h7-9,15,17H,2-6H2,1H3. The van der Waals surface area contributed by atoms with Crippen LogP contribution in [0.2, 0.25) is 0 Å². The van der Waals surface area contributed by atoms with E-state index in [9.17, 15) is 0 Å². The van der Waals surface area contributed by atoms with E-state index in [-0.39, 0.29) is 0 Å². The molecular weight excluding hydrogens is 338 g/mol. The number of hydrogen-bond donors (Lipinski definition) is 1. The smallest absolute Gasteiger partial charge is 0.0688 e. The van der Waals surface area contributed by atoms with Crippen LogP contribution in [0.5, 0.6) is 0 Å². The van der Waals surface area contributed by atoms with Crippen molar-refractivity contribution in [3.05, 3.63) is 42.2 Å². The SMILES string of the molecule is CNC(c1cc2c(s1)CCCCC2)c1cscc1Br. The Morgan fingerprint density at radius 2 is 2.05 bits per heavy atom. The highest BCUT2D eigenvalue weighted by Gasteiger charge is 2.20. The lowest BCUT2D eigenvalue weighted by molar-refractivity contribution is 0.698. The van der Waals surface area contributed by atoms with E-state index in [0.717, 1.165) is 0 Å². The van der Waals surface area contributed by atoms with Gasteiger partial charge in [0.25, 0.3) is 0 Å². The van der Waals surface area contributed by atoms with Crippen LogP contribution in [0.25, 0.3) is 0 Å². The van der Waals surface area contributed by atoms with E-state index in [1.54, 1.807) is 21.8 Å². The Morgan fingerprint density at radius 1 is 1.21 bits per heavy atom. The minimum atomic E-state index is 0.331. The summed E-state index contributed by atoms with van der Waals surface area (Å²) in [5.41, 5.74) is 2.97. The number of nitrogens with one attached hydrogen (secondary N) is 1. The summed E-state index contributed by atoms with van der Waals surface area (Å²) < 4.78 is 1.22. The van der Waals surface area contributed by atoms with Gasteiger partial charge in [-0.15, -0.1) is 11.3 Å². The molecule has 0 saturated carbocycles. The molecule has 0 amide bonds. The van der Waals surface area contributed by atoms with Gasteiger partial charge in [-0.2, -0.15) is 11.3 Å². The number of thiophene rings is 2. The van der Waals surface area contributed by atoms with Crippen LogP contribution in [0.3, 0.4) is 0 Å². The van der Waals surface area contributed by atoms with E-state index in [1.807, 2.05) is 11.3 Å². The Bertz CT molecular complexity index is 535. The first kappa shape index (κ1) is 13.8. The highest BCUT2D eigenvalue weighted by Crippen LogP contribution is 2.37. The van der Waals surface area contributed by atoms with Crippen LogP contribution in [-0.2, 0) is 12.8 Å². The molecule has 2 aromatic heterocycles. The molecule has 1 aliphatic carbocycles. The fourth-order valence-electron chi connectivity index (χ4n) is 2.78. The van der Waals surface area contributed by atoms with Gasteiger partial charge in [-0.3, -0.25) is 0 Å². The van der Waals surface area contributed by atoms with Gasteiger partial charge in [0, 0.05) is 19.6 Å². The second kappa shape index (κ2) is 6.08. The maximum atomic E-state index is 3.66. The zero-order valence-corrected chi connectivity index (χ0v) is 14.3. The number of aryl methyl sites for hydroxylation is 2. The first-order chi connectivity index (χ1) is 9.29. The van der Waals surface area contributed by atoms with Crippen molar-refractivity contribution in [3.63, 3.8) is 0 Å². The van der Waals surface area contributed by atoms with E-state index < -0.39 is 0 Å². The van der Waals surface area contributed by atoms with Crippen LogP contribution < -0.4 is 5.32 Å². The minimum Gasteiger partial charge on any atom is -0.309 e. The van der Waals surface area contributed by atoms with Crippen molar-refractivity contribution in [3.8, 4) is 0 Å². The predicted octanol–water partition coefficient (Wildman–Crippen LogP) is 5.15. The van der Waals surface area contributed by atoms with E-state index in [0.29, 0.717) is 6.04 Å². The van der Waals surface area contributed by atoms with Crippen molar-refractivity contribution in [2.75, 3.05) is 7.05 Å². The molecule has 3 rings (SSSR count). The first-order valence-corrected chi connectivity index (χ1v) is 9.35. The van der Waals surface area contributed by atoms with Crippen molar-refractivity contribution >= 4 is 38.6 Å². The summed E-state index contributed by atoms with van der Waals surface area (Å²) in [7, 11) is 2.06. The predicted molar refractivity (Wildman–Crippen MR) is 88.5 cm³/mol. The largest absolute Gasteiger partial charge is 0.309 e. The molecule has 0 aromatic carbocycles. The molecule has 4 heteroatoms. The molecular formula is C15H18BrNS2. The zero-order valence-electron chi connectivity index (χ0n) is 11.0. The van der Waals surface area contributed by atoms with Crippen molar-refractivity contribution in [2.24, 2.45) is 0 Å². The molecule has 0 bridgehead atoms. The average molecular weight is 356 g/mol.